The van der Waals surface area contributed by atoms with Crippen molar-refractivity contribution in [1.82, 2.24) is 0 Å². The molecule has 5 heteroatoms. The first-order chi connectivity index (χ1) is 7.07. The summed E-state index contributed by atoms with van der Waals surface area (Å²) in [4.78, 5) is 22.4. The molecule has 15 heavy (non-hydrogen) atoms. The fourth-order valence-corrected chi connectivity index (χ4v) is 1.16. The Balaban J connectivity index is 3.01. The quantitative estimate of drug-likeness (QED) is 0.454. The van der Waals surface area contributed by atoms with Crippen LogP contribution < -0.4 is 0 Å². The van der Waals surface area contributed by atoms with Crippen LogP contribution in [0.1, 0.15) is 17.3 Å². The summed E-state index contributed by atoms with van der Waals surface area (Å²) >= 11 is 5.46. The van der Waals surface area contributed by atoms with Gasteiger partial charge in [-0.1, -0.05) is 17.7 Å². The van der Waals surface area contributed by atoms with E-state index < -0.39 is 17.6 Å². The molecule has 3 nitrogen and oxygen atoms in total. The molecule has 0 bridgehead atoms. The van der Waals surface area contributed by atoms with Crippen molar-refractivity contribution in [3.8, 4) is 0 Å². The lowest BCUT2D eigenvalue weighted by atomic mass is 10.1. The number of halogens is 2. The van der Waals surface area contributed by atoms with Crippen molar-refractivity contribution in [2.75, 3.05) is 6.61 Å². The van der Waals surface area contributed by atoms with Gasteiger partial charge in [0.25, 0.3) is 5.78 Å². The highest BCUT2D eigenvalue weighted by Gasteiger charge is 2.22. The molecule has 0 spiro atoms. The molecule has 0 radical (unpaired) electrons. The van der Waals surface area contributed by atoms with E-state index in [1.54, 1.807) is 6.92 Å². The van der Waals surface area contributed by atoms with Crippen LogP contribution in [0.15, 0.2) is 18.2 Å². The number of hydrogen-bond acceptors (Lipinski definition) is 3. The Bertz CT molecular complexity index is 404. The molecule has 0 saturated heterocycles. The van der Waals surface area contributed by atoms with Gasteiger partial charge in [0.2, 0.25) is 0 Å². The van der Waals surface area contributed by atoms with E-state index in [0.717, 1.165) is 0 Å². The predicted octanol–water partition coefficient (Wildman–Crippen LogP) is 2.22. The molecule has 0 aliphatic rings. The van der Waals surface area contributed by atoms with Crippen molar-refractivity contribution in [3.63, 3.8) is 0 Å². The molecule has 0 aromatic heterocycles. The van der Waals surface area contributed by atoms with Gasteiger partial charge in [-0.15, -0.1) is 0 Å². The molecule has 0 atom stereocenters. The molecular formula is C10H8ClFO3. The topological polar surface area (TPSA) is 43.4 Å². The average Bonchev–Trinajstić information content (AvgIpc) is 2.21. The van der Waals surface area contributed by atoms with Gasteiger partial charge in [-0.05, 0) is 19.1 Å². The molecule has 1 rings (SSSR count). The summed E-state index contributed by atoms with van der Waals surface area (Å²) in [7, 11) is 0. The lowest BCUT2D eigenvalue weighted by molar-refractivity contribution is -0.137. The standard InChI is InChI=1S/C10H8ClFO3/c1-2-15-10(14)9(13)6-4-3-5-7(11)8(6)12/h3-5H,2H2,1H3. The summed E-state index contributed by atoms with van der Waals surface area (Å²) < 4.78 is 17.7. The zero-order chi connectivity index (χ0) is 11.4. The summed E-state index contributed by atoms with van der Waals surface area (Å²) in [6.45, 7) is 1.62. The molecule has 0 fully saturated rings. The van der Waals surface area contributed by atoms with E-state index in [0.29, 0.717) is 0 Å². The monoisotopic (exact) mass is 230 g/mol. The fourth-order valence-electron chi connectivity index (χ4n) is 0.986. The van der Waals surface area contributed by atoms with Gasteiger partial charge in [-0.2, -0.15) is 0 Å². The fraction of sp³-hybridized carbons (Fsp3) is 0.200. The summed E-state index contributed by atoms with van der Waals surface area (Å²) in [6, 6.07) is 3.86. The molecule has 0 saturated carbocycles. The minimum atomic E-state index is -1.08. The summed E-state index contributed by atoms with van der Waals surface area (Å²) in [5, 5.41) is -0.204. The Kier molecular flexibility index (Phi) is 3.80. The van der Waals surface area contributed by atoms with Crippen LogP contribution in [0.5, 0.6) is 0 Å². The number of esters is 1. The first kappa shape index (κ1) is 11.7. The smallest absolute Gasteiger partial charge is 0.379 e. The number of ketones is 1. The van der Waals surface area contributed by atoms with Gasteiger partial charge in [0, 0.05) is 0 Å². The van der Waals surface area contributed by atoms with Gasteiger partial charge in [-0.3, -0.25) is 4.79 Å². The van der Waals surface area contributed by atoms with Crippen molar-refractivity contribution >= 4 is 23.4 Å². The first-order valence-electron chi connectivity index (χ1n) is 4.23. The van der Waals surface area contributed by atoms with E-state index in [2.05, 4.69) is 4.74 Å². The number of ether oxygens (including phenoxy) is 1. The minimum absolute atomic E-state index is 0.0623. The minimum Gasteiger partial charge on any atom is -0.460 e. The van der Waals surface area contributed by atoms with Gasteiger partial charge in [0.15, 0.2) is 5.82 Å². The molecule has 0 amide bonds. The molecule has 0 heterocycles. The van der Waals surface area contributed by atoms with Crippen molar-refractivity contribution in [3.05, 3.63) is 34.6 Å². The second-order valence-electron chi connectivity index (χ2n) is 2.65. The Morgan fingerprint density at radius 1 is 1.47 bits per heavy atom. The maximum Gasteiger partial charge on any atom is 0.379 e. The first-order valence-corrected chi connectivity index (χ1v) is 4.61. The normalized spacial score (nSPS) is 9.80. The van der Waals surface area contributed by atoms with Crippen LogP contribution in [0.25, 0.3) is 0 Å². The van der Waals surface area contributed by atoms with E-state index >= 15 is 0 Å². The number of carbonyl (C=O) groups is 2. The number of carbonyl (C=O) groups excluding carboxylic acids is 2. The Labute approximate surface area is 90.8 Å². The van der Waals surface area contributed by atoms with Gasteiger partial charge in [-0.25, -0.2) is 9.18 Å². The van der Waals surface area contributed by atoms with Crippen LogP contribution in [0, 0.1) is 5.82 Å². The van der Waals surface area contributed by atoms with Crippen molar-refractivity contribution < 1.29 is 18.7 Å². The zero-order valence-electron chi connectivity index (χ0n) is 7.92. The third-order valence-electron chi connectivity index (χ3n) is 1.66. The highest BCUT2D eigenvalue weighted by Crippen LogP contribution is 2.18. The highest BCUT2D eigenvalue weighted by molar-refractivity contribution is 6.41. The molecular weight excluding hydrogens is 223 g/mol. The van der Waals surface area contributed by atoms with Gasteiger partial charge >= 0.3 is 5.97 Å². The largest absolute Gasteiger partial charge is 0.460 e. The van der Waals surface area contributed by atoms with Crippen molar-refractivity contribution in [1.29, 1.82) is 0 Å². The summed E-state index contributed by atoms with van der Waals surface area (Å²) in [6.07, 6.45) is 0. The Hall–Kier alpha value is -1.42. The number of benzene rings is 1. The maximum atomic E-state index is 13.3. The SMILES string of the molecule is CCOC(=O)C(=O)c1cccc(Cl)c1F. The van der Waals surface area contributed by atoms with Gasteiger partial charge < -0.3 is 4.74 Å². The average molecular weight is 231 g/mol. The van der Waals surface area contributed by atoms with Crippen LogP contribution >= 0.6 is 11.6 Å². The number of rotatable bonds is 3. The summed E-state index contributed by atoms with van der Waals surface area (Å²) in [5.74, 6) is -3.02. The van der Waals surface area contributed by atoms with Crippen LogP contribution in [0.2, 0.25) is 5.02 Å². The second kappa shape index (κ2) is 4.89. The lowest BCUT2D eigenvalue weighted by Gasteiger charge is -2.02. The third-order valence-corrected chi connectivity index (χ3v) is 1.95. The Morgan fingerprint density at radius 3 is 2.73 bits per heavy atom. The van der Waals surface area contributed by atoms with Gasteiger partial charge in [0.05, 0.1) is 17.2 Å². The highest BCUT2D eigenvalue weighted by atomic mass is 35.5. The second-order valence-corrected chi connectivity index (χ2v) is 3.06. The van der Waals surface area contributed by atoms with E-state index in [4.69, 9.17) is 11.6 Å². The predicted molar refractivity (Wildman–Crippen MR) is 52.4 cm³/mol. The van der Waals surface area contributed by atoms with Crippen LogP contribution in [-0.4, -0.2) is 18.4 Å². The van der Waals surface area contributed by atoms with Crippen LogP contribution in [0.4, 0.5) is 4.39 Å². The van der Waals surface area contributed by atoms with E-state index in [9.17, 15) is 14.0 Å². The van der Waals surface area contributed by atoms with E-state index in [-0.39, 0.29) is 17.2 Å². The molecule has 0 aliphatic heterocycles. The molecule has 0 unspecified atom stereocenters. The zero-order valence-corrected chi connectivity index (χ0v) is 8.68. The molecule has 1 aromatic rings. The van der Waals surface area contributed by atoms with E-state index in [1.807, 2.05) is 0 Å². The molecule has 0 aliphatic carbocycles. The number of hydrogen-bond donors (Lipinski definition) is 0. The van der Waals surface area contributed by atoms with Crippen molar-refractivity contribution in [2.45, 2.75) is 6.92 Å². The molecule has 1 aromatic carbocycles. The van der Waals surface area contributed by atoms with Crippen LogP contribution in [-0.2, 0) is 9.53 Å². The molecule has 80 valence electrons. The van der Waals surface area contributed by atoms with Crippen molar-refractivity contribution in [2.24, 2.45) is 0 Å². The Morgan fingerprint density at radius 2 is 2.13 bits per heavy atom. The summed E-state index contributed by atoms with van der Waals surface area (Å²) in [5.41, 5.74) is -0.374. The maximum absolute atomic E-state index is 13.3. The molecule has 0 N–H and O–H groups in total. The lowest BCUT2D eigenvalue weighted by Crippen LogP contribution is -2.18. The number of Topliss-reactive ketones (excluding diaryl/α,β-unsaturated/α-hetero) is 1. The van der Waals surface area contributed by atoms with Crippen LogP contribution in [0.3, 0.4) is 0 Å². The van der Waals surface area contributed by atoms with E-state index in [1.165, 1.54) is 18.2 Å². The third kappa shape index (κ3) is 2.53. The van der Waals surface area contributed by atoms with Gasteiger partial charge in [0.1, 0.15) is 0 Å².